The van der Waals surface area contributed by atoms with Gasteiger partial charge in [0.05, 0.1) is 6.26 Å². The second-order valence-electron chi connectivity index (χ2n) is 5.58. The number of amides is 1. The van der Waals surface area contributed by atoms with Crippen molar-refractivity contribution in [3.05, 3.63) is 30.2 Å². The van der Waals surface area contributed by atoms with Crippen LogP contribution in [0.25, 0.3) is 6.08 Å². The lowest BCUT2D eigenvalue weighted by molar-refractivity contribution is -0.125. The first-order valence-electron chi connectivity index (χ1n) is 7.65. The average Bonchev–Trinajstić information content (AvgIpc) is 3.15. The molecule has 1 aromatic rings. The van der Waals surface area contributed by atoms with E-state index in [4.69, 9.17) is 4.42 Å². The van der Waals surface area contributed by atoms with Gasteiger partial charge in [-0.1, -0.05) is 0 Å². The van der Waals surface area contributed by atoms with Crippen molar-refractivity contribution < 1.29 is 9.21 Å². The molecular formula is C16H22N2O2S. The summed E-state index contributed by atoms with van der Waals surface area (Å²) in [7, 11) is 0. The molecule has 21 heavy (non-hydrogen) atoms. The normalized spacial score (nSPS) is 24.6. The van der Waals surface area contributed by atoms with Crippen molar-refractivity contribution in [1.29, 1.82) is 0 Å². The predicted molar refractivity (Wildman–Crippen MR) is 86.2 cm³/mol. The molecule has 1 atom stereocenters. The zero-order valence-corrected chi connectivity index (χ0v) is 13.1. The summed E-state index contributed by atoms with van der Waals surface area (Å²) in [4.78, 5) is 16.8. The largest absolute Gasteiger partial charge is 0.465 e. The first-order valence-corrected chi connectivity index (χ1v) is 8.81. The van der Waals surface area contributed by atoms with E-state index in [2.05, 4.69) is 16.7 Å². The van der Waals surface area contributed by atoms with E-state index >= 15 is 0 Å². The highest BCUT2D eigenvalue weighted by molar-refractivity contribution is 7.99. The Morgan fingerprint density at radius 2 is 2.29 bits per heavy atom. The zero-order valence-electron chi connectivity index (χ0n) is 12.2. The molecule has 1 amide bonds. The van der Waals surface area contributed by atoms with Gasteiger partial charge in [-0.15, -0.1) is 0 Å². The Morgan fingerprint density at radius 1 is 1.33 bits per heavy atom. The number of hydrogen-bond acceptors (Lipinski definition) is 4. The van der Waals surface area contributed by atoms with Crippen LogP contribution < -0.4 is 0 Å². The van der Waals surface area contributed by atoms with Crippen LogP contribution in [-0.2, 0) is 4.79 Å². The van der Waals surface area contributed by atoms with Crippen LogP contribution in [0.1, 0.15) is 18.6 Å². The molecule has 2 fully saturated rings. The van der Waals surface area contributed by atoms with E-state index in [1.54, 1.807) is 18.4 Å². The van der Waals surface area contributed by atoms with Crippen LogP contribution in [-0.4, -0.2) is 59.4 Å². The highest BCUT2D eigenvalue weighted by Gasteiger charge is 2.25. The van der Waals surface area contributed by atoms with Crippen molar-refractivity contribution in [3.8, 4) is 0 Å². The van der Waals surface area contributed by atoms with Crippen molar-refractivity contribution in [2.75, 3.05) is 37.7 Å². The summed E-state index contributed by atoms with van der Waals surface area (Å²) in [5, 5.41) is 0. The van der Waals surface area contributed by atoms with Crippen LogP contribution in [0.3, 0.4) is 0 Å². The van der Waals surface area contributed by atoms with Crippen molar-refractivity contribution in [3.63, 3.8) is 0 Å². The molecule has 0 aromatic carbocycles. The predicted octanol–water partition coefficient (Wildman–Crippen LogP) is 2.33. The molecule has 114 valence electrons. The van der Waals surface area contributed by atoms with Crippen LogP contribution in [0.15, 0.2) is 28.9 Å². The maximum Gasteiger partial charge on any atom is 0.246 e. The molecule has 2 aliphatic rings. The van der Waals surface area contributed by atoms with E-state index in [0.29, 0.717) is 0 Å². The average molecular weight is 306 g/mol. The van der Waals surface area contributed by atoms with Crippen LogP contribution in [0, 0.1) is 0 Å². The lowest BCUT2D eigenvalue weighted by Gasteiger charge is -2.26. The highest BCUT2D eigenvalue weighted by Crippen LogP contribution is 2.23. The van der Waals surface area contributed by atoms with E-state index in [0.717, 1.165) is 44.4 Å². The monoisotopic (exact) mass is 306 g/mol. The number of rotatable bonds is 3. The number of nitrogens with zero attached hydrogens (tertiary/aromatic N) is 2. The topological polar surface area (TPSA) is 36.7 Å². The summed E-state index contributed by atoms with van der Waals surface area (Å²) in [6.45, 7) is 3.82. The SMILES string of the molecule is O=C(C=Cc1ccco1)N1CCCN(C2CCSC2)CC1. The number of carbonyl (C=O) groups is 1. The van der Waals surface area contributed by atoms with Gasteiger partial charge in [-0.25, -0.2) is 0 Å². The molecule has 2 saturated heterocycles. The lowest BCUT2D eigenvalue weighted by atomic mass is 10.2. The second kappa shape index (κ2) is 7.18. The molecule has 4 nitrogen and oxygen atoms in total. The first kappa shape index (κ1) is 14.7. The van der Waals surface area contributed by atoms with Crippen molar-refractivity contribution in [2.24, 2.45) is 0 Å². The molecule has 3 rings (SSSR count). The van der Waals surface area contributed by atoms with Crippen molar-refractivity contribution in [2.45, 2.75) is 18.9 Å². The molecule has 0 radical (unpaired) electrons. The summed E-state index contributed by atoms with van der Waals surface area (Å²) in [5.74, 6) is 3.36. The van der Waals surface area contributed by atoms with Gasteiger partial charge in [-0.05, 0) is 36.8 Å². The summed E-state index contributed by atoms with van der Waals surface area (Å²) >= 11 is 2.05. The van der Waals surface area contributed by atoms with Crippen LogP contribution in [0.5, 0.6) is 0 Å². The summed E-state index contributed by atoms with van der Waals surface area (Å²) in [6.07, 6.45) is 7.37. The van der Waals surface area contributed by atoms with Gasteiger partial charge in [0.15, 0.2) is 0 Å². The van der Waals surface area contributed by atoms with E-state index in [-0.39, 0.29) is 5.91 Å². The molecule has 0 N–H and O–H groups in total. The summed E-state index contributed by atoms with van der Waals surface area (Å²) in [5.41, 5.74) is 0. The number of furan rings is 1. The summed E-state index contributed by atoms with van der Waals surface area (Å²) in [6, 6.07) is 4.41. The zero-order chi connectivity index (χ0) is 14.5. The number of thioether (sulfide) groups is 1. The Balaban J connectivity index is 1.53. The Bertz CT molecular complexity index is 480. The van der Waals surface area contributed by atoms with Gasteiger partial charge < -0.3 is 9.32 Å². The first-order chi connectivity index (χ1) is 10.3. The molecule has 0 bridgehead atoms. The minimum absolute atomic E-state index is 0.0917. The Morgan fingerprint density at radius 3 is 3.05 bits per heavy atom. The minimum atomic E-state index is 0.0917. The second-order valence-corrected chi connectivity index (χ2v) is 6.73. The quantitative estimate of drug-likeness (QED) is 0.803. The van der Waals surface area contributed by atoms with Crippen LogP contribution in [0.2, 0.25) is 0 Å². The smallest absolute Gasteiger partial charge is 0.246 e. The van der Waals surface area contributed by atoms with Gasteiger partial charge in [-0.2, -0.15) is 11.8 Å². The third-order valence-electron chi connectivity index (χ3n) is 4.20. The molecular weight excluding hydrogens is 284 g/mol. The van der Waals surface area contributed by atoms with E-state index in [1.807, 2.05) is 17.0 Å². The van der Waals surface area contributed by atoms with Gasteiger partial charge in [0.25, 0.3) is 0 Å². The third kappa shape index (κ3) is 3.92. The maximum atomic E-state index is 12.2. The van der Waals surface area contributed by atoms with Gasteiger partial charge >= 0.3 is 0 Å². The van der Waals surface area contributed by atoms with Crippen molar-refractivity contribution in [1.82, 2.24) is 9.80 Å². The standard InChI is InChI=1S/C16H22N2O2S/c19-16(5-4-15-3-1-11-20-15)18-8-2-7-17(9-10-18)14-6-12-21-13-14/h1,3-5,11,14H,2,6-10,12-13H2. The van der Waals surface area contributed by atoms with Gasteiger partial charge in [-0.3, -0.25) is 9.69 Å². The Labute approximate surface area is 130 Å². The van der Waals surface area contributed by atoms with E-state index in [1.165, 1.54) is 17.9 Å². The Kier molecular flexibility index (Phi) is 5.04. The molecule has 5 heteroatoms. The van der Waals surface area contributed by atoms with Gasteiger partial charge in [0.2, 0.25) is 5.91 Å². The number of hydrogen-bond donors (Lipinski definition) is 0. The molecule has 2 aliphatic heterocycles. The molecule has 0 aliphatic carbocycles. The fourth-order valence-corrected chi connectivity index (χ4v) is 4.23. The number of carbonyl (C=O) groups excluding carboxylic acids is 1. The van der Waals surface area contributed by atoms with Gasteiger partial charge in [0.1, 0.15) is 5.76 Å². The molecule has 1 unspecified atom stereocenters. The molecule has 0 saturated carbocycles. The minimum Gasteiger partial charge on any atom is -0.465 e. The van der Waals surface area contributed by atoms with E-state index < -0.39 is 0 Å². The molecule has 1 aromatic heterocycles. The molecule has 3 heterocycles. The highest BCUT2D eigenvalue weighted by atomic mass is 32.2. The molecule has 0 spiro atoms. The Hall–Kier alpha value is -1.20. The van der Waals surface area contributed by atoms with Gasteiger partial charge in [0, 0.05) is 44.0 Å². The lowest BCUT2D eigenvalue weighted by Crippen LogP contribution is -2.39. The van der Waals surface area contributed by atoms with E-state index in [9.17, 15) is 4.79 Å². The van der Waals surface area contributed by atoms with Crippen LogP contribution in [0.4, 0.5) is 0 Å². The maximum absolute atomic E-state index is 12.2. The van der Waals surface area contributed by atoms with Crippen LogP contribution >= 0.6 is 11.8 Å². The fraction of sp³-hybridized carbons (Fsp3) is 0.562. The summed E-state index contributed by atoms with van der Waals surface area (Å²) < 4.78 is 5.21. The third-order valence-corrected chi connectivity index (χ3v) is 5.34. The fourth-order valence-electron chi connectivity index (χ4n) is 2.98. The van der Waals surface area contributed by atoms with Crippen molar-refractivity contribution >= 4 is 23.7 Å².